The zero-order valence-electron chi connectivity index (χ0n) is 10.6. The number of nitro benzene ring substituents is 1. The van der Waals surface area contributed by atoms with Gasteiger partial charge in [-0.15, -0.1) is 0 Å². The third-order valence-corrected chi connectivity index (χ3v) is 3.17. The molecule has 1 aliphatic heterocycles. The minimum Gasteiger partial charge on any atom is -0.368 e. The molecule has 2 rings (SSSR count). The maximum absolute atomic E-state index is 11.5. The molecule has 0 bridgehead atoms. The third kappa shape index (κ3) is 2.82. The second kappa shape index (κ2) is 5.23. The van der Waals surface area contributed by atoms with E-state index in [-0.39, 0.29) is 11.3 Å². The van der Waals surface area contributed by atoms with E-state index in [1.807, 2.05) is 11.8 Å². The Balaban J connectivity index is 2.38. The highest BCUT2D eigenvalue weighted by Crippen LogP contribution is 2.26. The Morgan fingerprint density at radius 3 is 2.89 bits per heavy atom. The lowest BCUT2D eigenvalue weighted by Gasteiger charge is -2.34. The molecule has 102 valence electrons. The molecule has 1 aliphatic rings. The van der Waals surface area contributed by atoms with Crippen LogP contribution in [0.3, 0.4) is 0 Å². The van der Waals surface area contributed by atoms with Gasteiger partial charge in [-0.05, 0) is 13.0 Å². The van der Waals surface area contributed by atoms with Gasteiger partial charge in [0.25, 0.3) is 11.6 Å². The lowest BCUT2D eigenvalue weighted by molar-refractivity contribution is -0.384. The van der Waals surface area contributed by atoms with Gasteiger partial charge < -0.3 is 16.0 Å². The molecule has 0 saturated carbocycles. The summed E-state index contributed by atoms with van der Waals surface area (Å²) in [7, 11) is 0. The molecule has 0 aliphatic carbocycles. The largest absolute Gasteiger partial charge is 0.368 e. The average Bonchev–Trinajstić information content (AvgIpc) is 2.37. The summed E-state index contributed by atoms with van der Waals surface area (Å²) in [6, 6.07) is 4.53. The monoisotopic (exact) mass is 264 g/mol. The van der Waals surface area contributed by atoms with E-state index in [9.17, 15) is 14.9 Å². The molecule has 7 nitrogen and oxygen atoms in total. The van der Waals surface area contributed by atoms with Crippen molar-refractivity contribution in [1.29, 1.82) is 0 Å². The van der Waals surface area contributed by atoms with E-state index in [2.05, 4.69) is 5.32 Å². The summed E-state index contributed by atoms with van der Waals surface area (Å²) < 4.78 is 0. The smallest absolute Gasteiger partial charge is 0.270 e. The molecule has 1 aromatic rings. The minimum absolute atomic E-state index is 0.124. The van der Waals surface area contributed by atoms with Crippen molar-refractivity contribution < 1.29 is 9.72 Å². The van der Waals surface area contributed by atoms with Crippen LogP contribution in [-0.2, 0) is 0 Å². The van der Waals surface area contributed by atoms with Crippen LogP contribution in [0.2, 0.25) is 0 Å². The van der Waals surface area contributed by atoms with Crippen molar-refractivity contribution in [1.82, 2.24) is 5.32 Å². The molecule has 3 N–H and O–H groups in total. The SMILES string of the molecule is C[C@@H]1CN(c2ccc([N+](=O)[O-])cc2C(N)=O)CCN1. The van der Waals surface area contributed by atoms with Crippen molar-refractivity contribution in [2.75, 3.05) is 24.5 Å². The van der Waals surface area contributed by atoms with Crippen LogP contribution in [-0.4, -0.2) is 36.5 Å². The summed E-state index contributed by atoms with van der Waals surface area (Å²) in [6.45, 7) is 4.32. The van der Waals surface area contributed by atoms with Crippen molar-refractivity contribution >= 4 is 17.3 Å². The number of benzene rings is 1. The second-order valence-corrected chi connectivity index (χ2v) is 4.62. The van der Waals surface area contributed by atoms with Crippen LogP contribution < -0.4 is 16.0 Å². The van der Waals surface area contributed by atoms with Crippen molar-refractivity contribution in [3.8, 4) is 0 Å². The molecule has 7 heteroatoms. The summed E-state index contributed by atoms with van der Waals surface area (Å²) in [5.41, 5.74) is 6.05. The first-order chi connectivity index (χ1) is 8.99. The van der Waals surface area contributed by atoms with E-state index in [4.69, 9.17) is 5.73 Å². The molecule has 1 heterocycles. The zero-order chi connectivity index (χ0) is 14.0. The Bertz CT molecular complexity index is 518. The summed E-state index contributed by atoms with van der Waals surface area (Å²) >= 11 is 0. The lowest BCUT2D eigenvalue weighted by Crippen LogP contribution is -2.49. The van der Waals surface area contributed by atoms with Gasteiger partial charge in [0.15, 0.2) is 0 Å². The molecule has 19 heavy (non-hydrogen) atoms. The number of carbonyl (C=O) groups is 1. The van der Waals surface area contributed by atoms with E-state index in [0.29, 0.717) is 11.7 Å². The Morgan fingerprint density at radius 1 is 1.58 bits per heavy atom. The molecule has 1 aromatic carbocycles. The van der Waals surface area contributed by atoms with Gasteiger partial charge in [0, 0.05) is 37.8 Å². The number of rotatable bonds is 3. The zero-order valence-corrected chi connectivity index (χ0v) is 10.6. The summed E-state index contributed by atoms with van der Waals surface area (Å²) in [6.07, 6.45) is 0. The Hall–Kier alpha value is -2.15. The van der Waals surface area contributed by atoms with Gasteiger partial charge in [0.2, 0.25) is 0 Å². The number of non-ortho nitro benzene ring substituents is 1. The number of amides is 1. The minimum atomic E-state index is -0.648. The standard InChI is InChI=1S/C12H16N4O3/c1-8-7-15(5-4-14-8)11-3-2-9(16(18)19)6-10(11)12(13)17/h2-3,6,8,14H,4-5,7H2,1H3,(H2,13,17)/t8-/m1/s1. The van der Waals surface area contributed by atoms with E-state index in [0.717, 1.165) is 19.6 Å². The van der Waals surface area contributed by atoms with Crippen molar-refractivity contribution in [3.63, 3.8) is 0 Å². The topological polar surface area (TPSA) is 102 Å². The van der Waals surface area contributed by atoms with Crippen molar-refractivity contribution in [2.45, 2.75) is 13.0 Å². The molecule has 0 aromatic heterocycles. The summed E-state index contributed by atoms with van der Waals surface area (Å²) in [5.74, 6) is -0.648. The van der Waals surface area contributed by atoms with Crippen LogP contribution in [0.4, 0.5) is 11.4 Å². The number of hydrogen-bond donors (Lipinski definition) is 2. The lowest BCUT2D eigenvalue weighted by atomic mass is 10.1. The molecular weight excluding hydrogens is 248 g/mol. The van der Waals surface area contributed by atoms with Crippen LogP contribution in [0.5, 0.6) is 0 Å². The van der Waals surface area contributed by atoms with E-state index in [1.54, 1.807) is 6.07 Å². The Kier molecular flexibility index (Phi) is 3.66. The number of nitrogens with two attached hydrogens (primary N) is 1. The number of primary amides is 1. The van der Waals surface area contributed by atoms with Crippen LogP contribution in [0.15, 0.2) is 18.2 Å². The number of carbonyl (C=O) groups excluding carboxylic acids is 1. The fraction of sp³-hybridized carbons (Fsp3) is 0.417. The third-order valence-electron chi connectivity index (χ3n) is 3.17. The van der Waals surface area contributed by atoms with Gasteiger partial charge in [-0.1, -0.05) is 0 Å². The van der Waals surface area contributed by atoms with E-state index < -0.39 is 10.8 Å². The van der Waals surface area contributed by atoms with Crippen LogP contribution in [0, 0.1) is 10.1 Å². The van der Waals surface area contributed by atoms with Crippen LogP contribution >= 0.6 is 0 Å². The number of anilines is 1. The number of piperazine rings is 1. The maximum atomic E-state index is 11.5. The van der Waals surface area contributed by atoms with Gasteiger partial charge in [0.1, 0.15) is 0 Å². The number of nitrogens with zero attached hydrogens (tertiary/aromatic N) is 2. The summed E-state index contributed by atoms with van der Waals surface area (Å²) in [4.78, 5) is 23.7. The first kappa shape index (κ1) is 13.3. The van der Waals surface area contributed by atoms with Gasteiger partial charge in [-0.3, -0.25) is 14.9 Å². The highest BCUT2D eigenvalue weighted by atomic mass is 16.6. The quantitative estimate of drug-likeness (QED) is 0.611. The molecule has 0 unspecified atom stereocenters. The number of nitrogens with one attached hydrogen (secondary N) is 1. The van der Waals surface area contributed by atoms with Crippen molar-refractivity contribution in [2.24, 2.45) is 5.73 Å². The predicted molar refractivity (Wildman–Crippen MR) is 71.3 cm³/mol. The normalized spacial score (nSPS) is 19.2. The first-order valence-electron chi connectivity index (χ1n) is 6.05. The Morgan fingerprint density at radius 2 is 2.32 bits per heavy atom. The fourth-order valence-electron chi connectivity index (χ4n) is 2.26. The molecular formula is C12H16N4O3. The number of nitro groups is 1. The highest BCUT2D eigenvalue weighted by Gasteiger charge is 2.22. The summed E-state index contributed by atoms with van der Waals surface area (Å²) in [5, 5.41) is 14.0. The fourth-order valence-corrected chi connectivity index (χ4v) is 2.26. The molecule has 0 spiro atoms. The molecule has 1 fully saturated rings. The number of hydrogen-bond acceptors (Lipinski definition) is 5. The van der Waals surface area contributed by atoms with Crippen LogP contribution in [0.1, 0.15) is 17.3 Å². The molecule has 1 amide bonds. The molecule has 1 atom stereocenters. The maximum Gasteiger partial charge on any atom is 0.270 e. The average molecular weight is 264 g/mol. The van der Waals surface area contributed by atoms with Gasteiger partial charge >= 0.3 is 0 Å². The van der Waals surface area contributed by atoms with Crippen molar-refractivity contribution in [3.05, 3.63) is 33.9 Å². The van der Waals surface area contributed by atoms with E-state index in [1.165, 1.54) is 12.1 Å². The molecule has 0 radical (unpaired) electrons. The van der Waals surface area contributed by atoms with Gasteiger partial charge in [0.05, 0.1) is 16.2 Å². The predicted octanol–water partition coefficient (Wildman–Crippen LogP) is 0.492. The second-order valence-electron chi connectivity index (χ2n) is 4.62. The van der Waals surface area contributed by atoms with E-state index >= 15 is 0 Å². The first-order valence-corrected chi connectivity index (χ1v) is 6.05. The van der Waals surface area contributed by atoms with Gasteiger partial charge in [-0.25, -0.2) is 0 Å². The van der Waals surface area contributed by atoms with Crippen LogP contribution in [0.25, 0.3) is 0 Å². The molecule has 1 saturated heterocycles. The highest BCUT2D eigenvalue weighted by molar-refractivity contribution is 5.99. The van der Waals surface area contributed by atoms with Gasteiger partial charge in [-0.2, -0.15) is 0 Å². The Labute approximate surface area is 110 Å².